The van der Waals surface area contributed by atoms with E-state index in [-0.39, 0.29) is 0 Å². The van der Waals surface area contributed by atoms with Gasteiger partial charge in [0.2, 0.25) is 0 Å². The lowest BCUT2D eigenvalue weighted by molar-refractivity contribution is 0.165. The Bertz CT molecular complexity index is 167. The quantitative estimate of drug-likeness (QED) is 0.521. The molecule has 10 heavy (non-hydrogen) atoms. The fourth-order valence-electron chi connectivity index (χ4n) is 2.02. The molecule has 1 aliphatic carbocycles. The first-order valence-electron chi connectivity index (χ1n) is 3.82. The van der Waals surface area contributed by atoms with E-state index in [9.17, 15) is 0 Å². The van der Waals surface area contributed by atoms with Gasteiger partial charge in [-0.25, -0.2) is 0 Å². The van der Waals surface area contributed by atoms with Crippen LogP contribution in [0.25, 0.3) is 0 Å². The lowest BCUT2D eigenvalue weighted by Crippen LogP contribution is -2.33. The van der Waals surface area contributed by atoms with E-state index in [0.717, 1.165) is 12.5 Å². The molecule has 56 valence electrons. The van der Waals surface area contributed by atoms with Crippen LogP contribution in [0.1, 0.15) is 0 Å². The van der Waals surface area contributed by atoms with Gasteiger partial charge in [-0.2, -0.15) is 0 Å². The first-order chi connectivity index (χ1) is 4.83. The van der Waals surface area contributed by atoms with Gasteiger partial charge in [-0.1, -0.05) is 12.2 Å². The van der Waals surface area contributed by atoms with Crippen molar-refractivity contribution in [3.05, 3.63) is 12.2 Å². The van der Waals surface area contributed by atoms with Gasteiger partial charge in [0, 0.05) is 18.5 Å². The minimum atomic E-state index is 0.308. The normalized spacial score (nSPS) is 45.2. The molecule has 1 heterocycles. The minimum absolute atomic E-state index is 0.308. The van der Waals surface area contributed by atoms with Gasteiger partial charge < -0.3 is 5.11 Å². The van der Waals surface area contributed by atoms with Crippen molar-refractivity contribution in [2.24, 2.45) is 11.8 Å². The van der Waals surface area contributed by atoms with Gasteiger partial charge in [0.1, 0.15) is 0 Å². The summed E-state index contributed by atoms with van der Waals surface area (Å²) in [4.78, 5) is 2.25. The van der Waals surface area contributed by atoms with E-state index < -0.39 is 0 Å². The van der Waals surface area contributed by atoms with Crippen molar-refractivity contribution >= 4 is 0 Å². The highest BCUT2D eigenvalue weighted by molar-refractivity contribution is 5.17. The van der Waals surface area contributed by atoms with E-state index in [0.29, 0.717) is 18.6 Å². The van der Waals surface area contributed by atoms with E-state index in [1.54, 1.807) is 0 Å². The van der Waals surface area contributed by atoms with Gasteiger partial charge in [-0.15, -0.1) is 0 Å². The molecule has 0 radical (unpaired) electrons. The van der Waals surface area contributed by atoms with Gasteiger partial charge >= 0.3 is 0 Å². The van der Waals surface area contributed by atoms with Crippen molar-refractivity contribution in [1.29, 1.82) is 0 Å². The van der Waals surface area contributed by atoms with Crippen molar-refractivity contribution in [1.82, 2.24) is 4.90 Å². The maximum Gasteiger partial charge on any atom is 0.0592 e. The SMILES string of the molecule is CN1C[C@H]2C=C[C@H]2[C@H]1CO. The molecule has 2 nitrogen and oxygen atoms in total. The van der Waals surface area contributed by atoms with E-state index in [4.69, 9.17) is 5.11 Å². The second-order valence-electron chi connectivity index (χ2n) is 3.32. The molecule has 2 heteroatoms. The molecule has 0 amide bonds. The van der Waals surface area contributed by atoms with Crippen LogP contribution in [0.5, 0.6) is 0 Å². The summed E-state index contributed by atoms with van der Waals surface area (Å²) in [5.74, 6) is 1.39. The topological polar surface area (TPSA) is 23.5 Å². The molecule has 2 aliphatic rings. The van der Waals surface area contributed by atoms with Gasteiger partial charge in [-0.3, -0.25) is 4.90 Å². The number of hydrogen-bond acceptors (Lipinski definition) is 2. The zero-order valence-electron chi connectivity index (χ0n) is 6.20. The molecule has 0 saturated carbocycles. The molecule has 1 aliphatic heterocycles. The molecule has 0 bridgehead atoms. The highest BCUT2D eigenvalue weighted by atomic mass is 16.3. The Labute approximate surface area is 61.1 Å². The highest BCUT2D eigenvalue weighted by Crippen LogP contribution is 2.37. The minimum Gasteiger partial charge on any atom is -0.395 e. The molecule has 1 N–H and O–H groups in total. The number of fused-ring (bicyclic) bond motifs is 1. The molecule has 0 aromatic rings. The van der Waals surface area contributed by atoms with Gasteiger partial charge in [0.05, 0.1) is 6.61 Å². The highest BCUT2D eigenvalue weighted by Gasteiger charge is 2.40. The molecule has 3 atom stereocenters. The lowest BCUT2D eigenvalue weighted by atomic mass is 9.81. The fourth-order valence-corrected chi connectivity index (χ4v) is 2.02. The van der Waals surface area contributed by atoms with Crippen molar-refractivity contribution in [2.75, 3.05) is 20.2 Å². The number of hydrogen-bond donors (Lipinski definition) is 1. The number of aliphatic hydroxyl groups excluding tert-OH is 1. The monoisotopic (exact) mass is 139 g/mol. The smallest absolute Gasteiger partial charge is 0.0592 e. The van der Waals surface area contributed by atoms with E-state index in [2.05, 4.69) is 24.1 Å². The third-order valence-electron chi connectivity index (χ3n) is 2.77. The van der Waals surface area contributed by atoms with E-state index in [1.165, 1.54) is 0 Å². The lowest BCUT2D eigenvalue weighted by Gasteiger charge is -2.25. The zero-order valence-corrected chi connectivity index (χ0v) is 6.20. The molecule has 2 rings (SSSR count). The van der Waals surface area contributed by atoms with E-state index >= 15 is 0 Å². The Morgan fingerprint density at radius 2 is 2.40 bits per heavy atom. The Hall–Kier alpha value is -0.340. The summed E-state index contributed by atoms with van der Waals surface area (Å²) in [7, 11) is 2.08. The number of rotatable bonds is 1. The predicted molar refractivity (Wildman–Crippen MR) is 39.6 cm³/mol. The van der Waals surface area contributed by atoms with Crippen LogP contribution in [0, 0.1) is 11.8 Å². The summed E-state index contributed by atoms with van der Waals surface area (Å²) in [5.41, 5.74) is 0. The standard InChI is InChI=1S/C8H13NO/c1-9-4-6-2-3-7(6)8(9)5-10/h2-3,6-8,10H,4-5H2,1H3/t6-,7-,8-/m1/s1. The molecule has 0 aromatic heterocycles. The summed E-state index contributed by atoms with van der Waals surface area (Å²) in [6, 6.07) is 0.398. The second kappa shape index (κ2) is 2.07. The molecular formula is C8H13NO. The average Bonchev–Trinajstić information content (AvgIpc) is 2.09. The maximum atomic E-state index is 8.98. The van der Waals surface area contributed by atoms with Crippen LogP contribution in [0.4, 0.5) is 0 Å². The molecule has 0 spiro atoms. The zero-order chi connectivity index (χ0) is 7.14. The van der Waals surface area contributed by atoms with Crippen molar-refractivity contribution < 1.29 is 5.11 Å². The molecule has 0 aromatic carbocycles. The number of aliphatic hydroxyl groups is 1. The number of likely N-dealkylation sites (tertiary alicyclic amines) is 1. The first kappa shape index (κ1) is 6.38. The Kier molecular flexibility index (Phi) is 1.32. The average molecular weight is 139 g/mol. The van der Waals surface area contributed by atoms with E-state index in [1.807, 2.05) is 0 Å². The summed E-state index contributed by atoms with van der Waals surface area (Å²) in [6.07, 6.45) is 4.46. The molecule has 0 unspecified atom stereocenters. The summed E-state index contributed by atoms with van der Waals surface area (Å²) >= 11 is 0. The third kappa shape index (κ3) is 0.662. The van der Waals surface area contributed by atoms with Crippen molar-refractivity contribution in [3.63, 3.8) is 0 Å². The van der Waals surface area contributed by atoms with Crippen LogP contribution in [0.2, 0.25) is 0 Å². The van der Waals surface area contributed by atoms with Crippen LogP contribution in [0.3, 0.4) is 0 Å². The fraction of sp³-hybridized carbons (Fsp3) is 0.750. The van der Waals surface area contributed by atoms with Crippen LogP contribution >= 0.6 is 0 Å². The first-order valence-corrected chi connectivity index (χ1v) is 3.82. The Balaban J connectivity index is 2.10. The van der Waals surface area contributed by atoms with Crippen molar-refractivity contribution in [3.8, 4) is 0 Å². The maximum absolute atomic E-state index is 8.98. The van der Waals surface area contributed by atoms with Crippen LogP contribution in [-0.4, -0.2) is 36.2 Å². The van der Waals surface area contributed by atoms with Gasteiger partial charge in [-0.05, 0) is 13.0 Å². The van der Waals surface area contributed by atoms with Crippen LogP contribution in [-0.2, 0) is 0 Å². The van der Waals surface area contributed by atoms with Crippen LogP contribution in [0.15, 0.2) is 12.2 Å². The third-order valence-corrected chi connectivity index (χ3v) is 2.77. The molecule has 1 saturated heterocycles. The number of nitrogens with zero attached hydrogens (tertiary/aromatic N) is 1. The van der Waals surface area contributed by atoms with Gasteiger partial charge in [0.15, 0.2) is 0 Å². The summed E-state index contributed by atoms with van der Waals surface area (Å²) < 4.78 is 0. The van der Waals surface area contributed by atoms with Crippen molar-refractivity contribution in [2.45, 2.75) is 6.04 Å². The van der Waals surface area contributed by atoms with Gasteiger partial charge in [0.25, 0.3) is 0 Å². The second-order valence-corrected chi connectivity index (χ2v) is 3.32. The summed E-state index contributed by atoms with van der Waals surface area (Å²) in [5, 5.41) is 8.98. The Morgan fingerprint density at radius 3 is 2.70 bits per heavy atom. The predicted octanol–water partition coefficient (Wildman–Crippen LogP) is 0.0949. The Morgan fingerprint density at radius 1 is 1.60 bits per heavy atom. The number of likely N-dealkylation sites (N-methyl/N-ethyl adjacent to an activating group) is 1. The molecular weight excluding hydrogens is 126 g/mol. The largest absolute Gasteiger partial charge is 0.395 e. The van der Waals surface area contributed by atoms with Crippen LogP contribution < -0.4 is 0 Å². The summed E-state index contributed by atoms with van der Waals surface area (Å²) in [6.45, 7) is 1.44. The molecule has 1 fully saturated rings.